The molecule has 21 heavy (non-hydrogen) atoms. The van der Waals surface area contributed by atoms with Crippen molar-refractivity contribution in [3.8, 4) is 0 Å². The maximum atomic E-state index is 12.3. The summed E-state index contributed by atoms with van der Waals surface area (Å²) in [5.41, 5.74) is 0. The number of rotatable bonds is 3. The van der Waals surface area contributed by atoms with Crippen LogP contribution in [0.25, 0.3) is 0 Å². The van der Waals surface area contributed by atoms with Crippen LogP contribution in [0, 0.1) is 5.92 Å². The van der Waals surface area contributed by atoms with Crippen LogP contribution < -0.4 is 5.32 Å². The van der Waals surface area contributed by atoms with Crippen molar-refractivity contribution in [3.05, 3.63) is 24.4 Å². The summed E-state index contributed by atoms with van der Waals surface area (Å²) >= 11 is 0. The van der Waals surface area contributed by atoms with Gasteiger partial charge in [-0.15, -0.1) is 0 Å². The highest BCUT2D eigenvalue weighted by Gasteiger charge is 2.31. The normalized spacial score (nSPS) is 27.6. The summed E-state index contributed by atoms with van der Waals surface area (Å²) in [5, 5.41) is 7.08. The highest BCUT2D eigenvalue weighted by molar-refractivity contribution is 7.91. The first-order valence-corrected chi connectivity index (χ1v) is 9.07. The molecule has 0 spiro atoms. The maximum absolute atomic E-state index is 12.3. The number of hydrogen-bond acceptors (Lipinski definition) is 4. The van der Waals surface area contributed by atoms with Gasteiger partial charge in [-0.1, -0.05) is 12.2 Å². The Balaban J connectivity index is 1.71. The molecule has 0 saturated carbocycles. The minimum atomic E-state index is -2.97. The Hall–Kier alpha value is -1.63. The minimum absolute atomic E-state index is 0.00865. The van der Waals surface area contributed by atoms with Gasteiger partial charge >= 0.3 is 0 Å². The molecule has 3 rings (SSSR count). The van der Waals surface area contributed by atoms with E-state index >= 15 is 0 Å². The molecule has 2 atom stereocenters. The fraction of sp³-hybridized carbons (Fsp3) is 0.571. The van der Waals surface area contributed by atoms with Crippen LogP contribution >= 0.6 is 0 Å². The molecule has 1 saturated heterocycles. The lowest BCUT2D eigenvalue weighted by atomic mass is 9.94. The van der Waals surface area contributed by atoms with E-state index in [1.54, 1.807) is 16.9 Å². The number of carbonyl (C=O) groups excluding carboxylic acids is 1. The first kappa shape index (κ1) is 14.3. The van der Waals surface area contributed by atoms with Crippen LogP contribution in [-0.4, -0.2) is 35.6 Å². The highest BCUT2D eigenvalue weighted by atomic mass is 32.2. The number of amides is 1. The third kappa shape index (κ3) is 3.18. The van der Waals surface area contributed by atoms with Gasteiger partial charge in [0.05, 0.1) is 23.7 Å². The average molecular weight is 309 g/mol. The molecule has 0 radical (unpaired) electrons. The van der Waals surface area contributed by atoms with E-state index in [9.17, 15) is 13.2 Å². The molecule has 114 valence electrons. The molecule has 1 amide bonds. The molecule has 0 aromatic carbocycles. The van der Waals surface area contributed by atoms with E-state index in [2.05, 4.69) is 16.5 Å². The Labute approximate surface area is 124 Å². The van der Waals surface area contributed by atoms with Crippen molar-refractivity contribution >= 4 is 21.6 Å². The number of sulfone groups is 1. The molecule has 1 aliphatic carbocycles. The summed E-state index contributed by atoms with van der Waals surface area (Å²) in [7, 11) is -2.97. The Bertz CT molecular complexity index is 663. The van der Waals surface area contributed by atoms with Crippen molar-refractivity contribution in [1.82, 2.24) is 9.78 Å². The van der Waals surface area contributed by atoms with Crippen LogP contribution in [0.2, 0.25) is 0 Å². The summed E-state index contributed by atoms with van der Waals surface area (Å²) in [4.78, 5) is 12.3. The second kappa shape index (κ2) is 5.63. The van der Waals surface area contributed by atoms with Crippen LogP contribution in [0.1, 0.15) is 31.7 Å². The lowest BCUT2D eigenvalue weighted by Gasteiger charge is -2.19. The Morgan fingerprint density at radius 1 is 1.33 bits per heavy atom. The van der Waals surface area contributed by atoms with Crippen molar-refractivity contribution in [3.63, 3.8) is 0 Å². The molecule has 1 aliphatic heterocycles. The topological polar surface area (TPSA) is 81.1 Å². The largest absolute Gasteiger partial charge is 0.311 e. The fourth-order valence-corrected chi connectivity index (χ4v) is 4.62. The zero-order chi connectivity index (χ0) is 14.9. The smallest absolute Gasteiger partial charge is 0.228 e. The van der Waals surface area contributed by atoms with E-state index in [1.165, 1.54) is 0 Å². The van der Waals surface area contributed by atoms with E-state index in [-0.39, 0.29) is 29.4 Å². The molecule has 7 heteroatoms. The molecular formula is C14H19N3O3S. The Kier molecular flexibility index (Phi) is 3.84. The number of carbonyl (C=O) groups is 1. The van der Waals surface area contributed by atoms with Gasteiger partial charge in [0.25, 0.3) is 0 Å². The van der Waals surface area contributed by atoms with E-state index in [0.717, 1.165) is 19.3 Å². The van der Waals surface area contributed by atoms with E-state index in [1.807, 2.05) is 6.08 Å². The number of anilines is 1. The van der Waals surface area contributed by atoms with Crippen LogP contribution in [0.3, 0.4) is 0 Å². The molecule has 1 aromatic rings. The van der Waals surface area contributed by atoms with Crippen LogP contribution in [0.15, 0.2) is 24.4 Å². The molecule has 1 aromatic heterocycles. The predicted molar refractivity (Wildman–Crippen MR) is 79.6 cm³/mol. The molecule has 0 bridgehead atoms. The average Bonchev–Trinajstić information content (AvgIpc) is 3.06. The van der Waals surface area contributed by atoms with Gasteiger partial charge in [0.1, 0.15) is 5.82 Å². The summed E-state index contributed by atoms with van der Waals surface area (Å²) < 4.78 is 24.8. The third-order valence-electron chi connectivity index (χ3n) is 4.12. The summed E-state index contributed by atoms with van der Waals surface area (Å²) in [6, 6.07) is 1.55. The van der Waals surface area contributed by atoms with Gasteiger partial charge < -0.3 is 5.32 Å². The number of nitrogens with one attached hydrogen (secondary N) is 1. The Morgan fingerprint density at radius 2 is 2.19 bits per heavy atom. The number of allylic oxidation sites excluding steroid dienone is 2. The zero-order valence-electron chi connectivity index (χ0n) is 11.7. The maximum Gasteiger partial charge on any atom is 0.228 e. The number of aromatic nitrogens is 2. The van der Waals surface area contributed by atoms with E-state index in [4.69, 9.17) is 0 Å². The van der Waals surface area contributed by atoms with Crippen molar-refractivity contribution in [2.24, 2.45) is 5.92 Å². The first-order chi connectivity index (χ1) is 10.1. The lowest BCUT2D eigenvalue weighted by molar-refractivity contribution is -0.120. The van der Waals surface area contributed by atoms with E-state index in [0.29, 0.717) is 12.2 Å². The summed E-state index contributed by atoms with van der Waals surface area (Å²) in [6.45, 7) is 0. The van der Waals surface area contributed by atoms with Gasteiger partial charge in [0.15, 0.2) is 9.84 Å². The second-order valence-corrected chi connectivity index (χ2v) is 7.92. The van der Waals surface area contributed by atoms with Crippen LogP contribution in [0.5, 0.6) is 0 Å². The van der Waals surface area contributed by atoms with Crippen molar-refractivity contribution < 1.29 is 13.2 Å². The summed E-state index contributed by atoms with van der Waals surface area (Å²) in [5.74, 6) is 0.867. The van der Waals surface area contributed by atoms with Crippen molar-refractivity contribution in [1.29, 1.82) is 0 Å². The van der Waals surface area contributed by atoms with Gasteiger partial charge in [-0.2, -0.15) is 5.10 Å². The van der Waals surface area contributed by atoms with Gasteiger partial charge in [-0.05, 0) is 25.7 Å². The molecule has 0 unspecified atom stereocenters. The van der Waals surface area contributed by atoms with Gasteiger partial charge in [0.2, 0.25) is 5.91 Å². The Morgan fingerprint density at radius 3 is 2.86 bits per heavy atom. The molecular weight excluding hydrogens is 290 g/mol. The molecule has 1 N–H and O–H groups in total. The monoisotopic (exact) mass is 309 g/mol. The molecule has 1 fully saturated rings. The molecule has 2 aliphatic rings. The molecule has 2 heterocycles. The standard InChI is InChI=1S/C14H19N3O3S/c18-14(11-4-2-1-3-5-11)16-13-6-8-15-17(13)12-7-9-21(19,20)10-12/h1-2,6,8,11-12H,3-5,7,9-10H2,(H,16,18)/t11-,12-/m0/s1. The molecule has 6 nitrogen and oxygen atoms in total. The van der Waals surface area contributed by atoms with Gasteiger partial charge in [-0.25, -0.2) is 13.1 Å². The predicted octanol–water partition coefficient (Wildman–Crippen LogP) is 1.54. The second-order valence-electron chi connectivity index (χ2n) is 5.69. The van der Waals surface area contributed by atoms with Crippen LogP contribution in [0.4, 0.5) is 5.82 Å². The highest BCUT2D eigenvalue weighted by Crippen LogP contribution is 2.27. The SMILES string of the molecule is O=C(Nc1ccnn1[C@H]1CCS(=O)(=O)C1)[C@H]1CC=CCC1. The van der Waals surface area contributed by atoms with Crippen molar-refractivity contribution in [2.75, 3.05) is 16.8 Å². The summed E-state index contributed by atoms with van der Waals surface area (Å²) in [6.07, 6.45) is 8.83. The fourth-order valence-electron chi connectivity index (χ4n) is 2.93. The number of nitrogens with zero attached hydrogens (tertiary/aromatic N) is 2. The van der Waals surface area contributed by atoms with Gasteiger partial charge in [0, 0.05) is 12.0 Å². The van der Waals surface area contributed by atoms with Crippen molar-refractivity contribution in [2.45, 2.75) is 31.7 Å². The van der Waals surface area contributed by atoms with E-state index < -0.39 is 9.84 Å². The zero-order valence-corrected chi connectivity index (χ0v) is 12.6. The van der Waals surface area contributed by atoms with Crippen LogP contribution in [-0.2, 0) is 14.6 Å². The lowest BCUT2D eigenvalue weighted by Crippen LogP contribution is -2.26. The minimum Gasteiger partial charge on any atom is -0.311 e. The first-order valence-electron chi connectivity index (χ1n) is 7.25. The quantitative estimate of drug-likeness (QED) is 0.859. The third-order valence-corrected chi connectivity index (χ3v) is 5.87. The van der Waals surface area contributed by atoms with Gasteiger partial charge in [-0.3, -0.25) is 4.79 Å². The number of hydrogen-bond donors (Lipinski definition) is 1.